The van der Waals surface area contributed by atoms with E-state index in [2.05, 4.69) is 4.98 Å². The minimum atomic E-state index is -0.380. The van der Waals surface area contributed by atoms with Crippen molar-refractivity contribution in [3.63, 3.8) is 0 Å². The van der Waals surface area contributed by atoms with Crippen molar-refractivity contribution in [3.05, 3.63) is 39.7 Å². The normalized spacial score (nSPS) is 19.7. The van der Waals surface area contributed by atoms with Gasteiger partial charge in [-0.1, -0.05) is 0 Å². The molecule has 7 nitrogen and oxygen atoms in total. The standard InChI is InChI=1S/C19H23N3O4S/c1-13-3-4-16(26-13)18(24)21-7-5-19(6-8-21)12-22(17(23)10-25-19)9-15-11-27-14(2)20-15/h3-4,11H,5-10,12H2,1-2H3. The van der Waals surface area contributed by atoms with E-state index in [1.54, 1.807) is 28.4 Å². The summed E-state index contributed by atoms with van der Waals surface area (Å²) in [6.07, 6.45) is 1.41. The van der Waals surface area contributed by atoms with Gasteiger partial charge in [-0.3, -0.25) is 9.59 Å². The first kappa shape index (κ1) is 18.2. The van der Waals surface area contributed by atoms with Crippen molar-refractivity contribution in [3.8, 4) is 0 Å². The number of nitrogens with zero attached hydrogens (tertiary/aromatic N) is 3. The summed E-state index contributed by atoms with van der Waals surface area (Å²) < 4.78 is 11.4. The smallest absolute Gasteiger partial charge is 0.289 e. The Morgan fingerprint density at radius 1 is 1.30 bits per heavy atom. The first-order chi connectivity index (χ1) is 12.9. The van der Waals surface area contributed by atoms with E-state index in [1.807, 2.05) is 24.1 Å². The maximum atomic E-state index is 12.6. The van der Waals surface area contributed by atoms with Crippen molar-refractivity contribution in [2.45, 2.75) is 38.8 Å². The molecule has 0 atom stereocenters. The van der Waals surface area contributed by atoms with Gasteiger partial charge in [-0.05, 0) is 38.8 Å². The molecule has 2 aromatic rings. The number of carbonyl (C=O) groups is 2. The van der Waals surface area contributed by atoms with Crippen LogP contribution in [0.25, 0.3) is 0 Å². The zero-order valence-electron chi connectivity index (χ0n) is 15.6. The molecule has 144 valence electrons. The summed E-state index contributed by atoms with van der Waals surface area (Å²) in [6, 6.07) is 3.52. The van der Waals surface area contributed by atoms with Crippen LogP contribution in [-0.4, -0.2) is 58.4 Å². The lowest BCUT2D eigenvalue weighted by Gasteiger charge is -2.46. The van der Waals surface area contributed by atoms with Crippen LogP contribution >= 0.6 is 11.3 Å². The molecule has 4 heterocycles. The number of likely N-dealkylation sites (tertiary alicyclic amines) is 1. The highest BCUT2D eigenvalue weighted by Gasteiger charge is 2.43. The highest BCUT2D eigenvalue weighted by molar-refractivity contribution is 7.09. The molecule has 2 aliphatic heterocycles. The van der Waals surface area contributed by atoms with E-state index in [0.717, 1.165) is 16.5 Å². The molecule has 4 rings (SSSR count). The second-order valence-corrected chi connectivity index (χ2v) is 8.34. The first-order valence-electron chi connectivity index (χ1n) is 9.13. The van der Waals surface area contributed by atoms with Crippen LogP contribution in [0.4, 0.5) is 0 Å². The third-order valence-electron chi connectivity index (χ3n) is 5.27. The van der Waals surface area contributed by atoms with Gasteiger partial charge in [-0.2, -0.15) is 0 Å². The number of ether oxygens (including phenoxy) is 1. The van der Waals surface area contributed by atoms with Gasteiger partial charge in [0, 0.05) is 18.5 Å². The van der Waals surface area contributed by atoms with Crippen molar-refractivity contribution in [2.75, 3.05) is 26.2 Å². The van der Waals surface area contributed by atoms with E-state index in [4.69, 9.17) is 9.15 Å². The Hall–Kier alpha value is -2.19. The van der Waals surface area contributed by atoms with Gasteiger partial charge in [-0.15, -0.1) is 11.3 Å². The average molecular weight is 389 g/mol. The lowest BCUT2D eigenvalue weighted by molar-refractivity contribution is -0.171. The summed E-state index contributed by atoms with van der Waals surface area (Å²) in [5, 5.41) is 3.00. The predicted molar refractivity (Wildman–Crippen MR) is 99.5 cm³/mol. The van der Waals surface area contributed by atoms with Gasteiger partial charge in [0.05, 0.1) is 29.4 Å². The molecule has 0 saturated carbocycles. The quantitative estimate of drug-likeness (QED) is 0.806. The number of hydrogen-bond donors (Lipinski definition) is 0. The number of thiazole rings is 1. The predicted octanol–water partition coefficient (Wildman–Crippen LogP) is 2.39. The first-order valence-corrected chi connectivity index (χ1v) is 10.0. The Bertz CT molecular complexity index is 851. The van der Waals surface area contributed by atoms with Crippen molar-refractivity contribution in [2.24, 2.45) is 0 Å². The number of amides is 2. The Morgan fingerprint density at radius 3 is 2.70 bits per heavy atom. The number of morpholine rings is 1. The van der Waals surface area contributed by atoms with Crippen molar-refractivity contribution in [1.29, 1.82) is 0 Å². The molecule has 2 amide bonds. The molecular weight excluding hydrogens is 366 g/mol. The molecule has 0 unspecified atom stereocenters. The Balaban J connectivity index is 1.39. The largest absolute Gasteiger partial charge is 0.456 e. The van der Waals surface area contributed by atoms with Gasteiger partial charge in [-0.25, -0.2) is 4.98 Å². The van der Waals surface area contributed by atoms with Gasteiger partial charge < -0.3 is 19.0 Å². The van der Waals surface area contributed by atoms with Gasteiger partial charge in [0.25, 0.3) is 5.91 Å². The van der Waals surface area contributed by atoms with Gasteiger partial charge in [0.15, 0.2) is 5.76 Å². The molecule has 0 aliphatic carbocycles. The monoisotopic (exact) mass is 389 g/mol. The molecule has 8 heteroatoms. The van der Waals surface area contributed by atoms with Crippen LogP contribution in [0, 0.1) is 13.8 Å². The highest BCUT2D eigenvalue weighted by Crippen LogP contribution is 2.32. The van der Waals surface area contributed by atoms with Crippen LogP contribution in [0.15, 0.2) is 21.9 Å². The fourth-order valence-corrected chi connectivity index (χ4v) is 4.34. The number of piperidine rings is 1. The second-order valence-electron chi connectivity index (χ2n) is 7.28. The van der Waals surface area contributed by atoms with E-state index in [-0.39, 0.29) is 24.0 Å². The molecule has 0 N–H and O–H groups in total. The zero-order chi connectivity index (χ0) is 19.0. The molecule has 1 spiro atoms. The number of hydrogen-bond acceptors (Lipinski definition) is 6. The molecule has 2 fully saturated rings. The number of aryl methyl sites for hydroxylation is 2. The number of carbonyl (C=O) groups excluding carboxylic acids is 2. The van der Waals surface area contributed by atoms with Gasteiger partial charge in [0.2, 0.25) is 5.91 Å². The molecule has 0 aromatic carbocycles. The molecule has 2 aliphatic rings. The summed E-state index contributed by atoms with van der Waals surface area (Å²) in [4.78, 5) is 33.0. The summed E-state index contributed by atoms with van der Waals surface area (Å²) >= 11 is 1.59. The summed E-state index contributed by atoms with van der Waals surface area (Å²) in [6.45, 7) is 6.13. The lowest BCUT2D eigenvalue weighted by atomic mass is 9.89. The number of rotatable bonds is 3. The maximum absolute atomic E-state index is 12.6. The van der Waals surface area contributed by atoms with E-state index in [9.17, 15) is 9.59 Å². The Kier molecular flexibility index (Phi) is 4.77. The molecule has 2 aromatic heterocycles. The minimum Gasteiger partial charge on any atom is -0.456 e. The molecular formula is C19H23N3O4S. The summed E-state index contributed by atoms with van der Waals surface area (Å²) in [5.74, 6) is 1.02. The topological polar surface area (TPSA) is 75.9 Å². The summed E-state index contributed by atoms with van der Waals surface area (Å²) in [7, 11) is 0. The van der Waals surface area contributed by atoms with Crippen LogP contribution in [-0.2, 0) is 16.1 Å². The number of furan rings is 1. The van der Waals surface area contributed by atoms with E-state index in [0.29, 0.717) is 44.8 Å². The lowest BCUT2D eigenvalue weighted by Crippen LogP contribution is -2.59. The summed E-state index contributed by atoms with van der Waals surface area (Å²) in [5.41, 5.74) is 0.540. The third kappa shape index (κ3) is 3.77. The molecule has 2 saturated heterocycles. The van der Waals surface area contributed by atoms with Crippen LogP contribution in [0.5, 0.6) is 0 Å². The van der Waals surface area contributed by atoms with Crippen LogP contribution in [0.2, 0.25) is 0 Å². The van der Waals surface area contributed by atoms with E-state index >= 15 is 0 Å². The van der Waals surface area contributed by atoms with Gasteiger partial charge >= 0.3 is 0 Å². The van der Waals surface area contributed by atoms with E-state index < -0.39 is 0 Å². The van der Waals surface area contributed by atoms with Crippen LogP contribution in [0.3, 0.4) is 0 Å². The van der Waals surface area contributed by atoms with Crippen LogP contribution < -0.4 is 0 Å². The number of aromatic nitrogens is 1. The second kappa shape index (κ2) is 7.09. The highest BCUT2D eigenvalue weighted by atomic mass is 32.1. The van der Waals surface area contributed by atoms with Gasteiger partial charge in [0.1, 0.15) is 12.4 Å². The fourth-order valence-electron chi connectivity index (χ4n) is 3.73. The van der Waals surface area contributed by atoms with Crippen molar-refractivity contribution < 1.29 is 18.7 Å². The van der Waals surface area contributed by atoms with Crippen molar-refractivity contribution >= 4 is 23.2 Å². The zero-order valence-corrected chi connectivity index (χ0v) is 16.4. The van der Waals surface area contributed by atoms with Crippen LogP contribution in [0.1, 0.15) is 39.9 Å². The van der Waals surface area contributed by atoms with Crippen molar-refractivity contribution in [1.82, 2.24) is 14.8 Å². The maximum Gasteiger partial charge on any atom is 0.289 e. The molecule has 0 radical (unpaired) electrons. The Morgan fingerprint density at radius 2 is 2.07 bits per heavy atom. The van der Waals surface area contributed by atoms with E-state index in [1.165, 1.54) is 0 Å². The minimum absolute atomic E-state index is 0.00385. The SMILES string of the molecule is Cc1ccc(C(=O)N2CCC3(CC2)CN(Cc2csc(C)n2)C(=O)CO3)o1. The molecule has 27 heavy (non-hydrogen) atoms. The average Bonchev–Trinajstić information content (AvgIpc) is 3.27. The third-order valence-corrected chi connectivity index (χ3v) is 6.09. The Labute approximate surface area is 161 Å². The fraction of sp³-hybridized carbons (Fsp3) is 0.526. The molecule has 0 bridgehead atoms.